The van der Waals surface area contributed by atoms with Crippen molar-refractivity contribution in [3.8, 4) is 0 Å². The molecule has 0 N–H and O–H groups in total. The van der Waals surface area contributed by atoms with Crippen LogP contribution in [0, 0.1) is 0 Å². The molecular formula is C26H22S3. The molecule has 6 rings (SSSR count). The second-order valence-electron chi connectivity index (χ2n) is 7.23. The molecule has 4 aromatic rings. The smallest absolute Gasteiger partial charge is 0.0111 e. The zero-order chi connectivity index (χ0) is 19.2. The van der Waals surface area contributed by atoms with Crippen molar-refractivity contribution >= 4 is 51.7 Å². The molecule has 0 saturated heterocycles. The van der Waals surface area contributed by atoms with E-state index in [1.54, 1.807) is 14.7 Å². The van der Waals surface area contributed by atoms with Gasteiger partial charge in [-0.25, -0.2) is 0 Å². The van der Waals surface area contributed by atoms with Crippen molar-refractivity contribution in [2.45, 2.75) is 14.7 Å². The molecule has 0 bridgehead atoms. The minimum Gasteiger partial charge on any atom is -0.165 e. The fourth-order valence-electron chi connectivity index (χ4n) is 4.19. The SMILES string of the molecule is C1=C[SH]([SH](c2cccc3ccccc23)[SH]2C=Cc3ccccc32)c2ccccc21. The van der Waals surface area contributed by atoms with Gasteiger partial charge in [-0.3, -0.25) is 0 Å². The van der Waals surface area contributed by atoms with Gasteiger partial charge in [0, 0.05) is 14.7 Å². The van der Waals surface area contributed by atoms with E-state index >= 15 is 0 Å². The van der Waals surface area contributed by atoms with Crippen LogP contribution in [0.15, 0.2) is 116 Å². The molecule has 0 spiro atoms. The molecule has 3 heteroatoms. The van der Waals surface area contributed by atoms with E-state index in [0.29, 0.717) is 0 Å². The van der Waals surface area contributed by atoms with Crippen molar-refractivity contribution in [1.82, 2.24) is 0 Å². The van der Waals surface area contributed by atoms with E-state index in [1.165, 1.54) is 21.9 Å². The molecule has 0 aromatic heterocycles. The first-order valence-electron chi connectivity index (χ1n) is 9.81. The first-order valence-corrected chi connectivity index (χ1v) is 15.4. The molecule has 2 unspecified atom stereocenters. The van der Waals surface area contributed by atoms with Crippen molar-refractivity contribution in [3.05, 3.63) is 113 Å². The van der Waals surface area contributed by atoms with Gasteiger partial charge in [0.15, 0.2) is 0 Å². The molecule has 2 aliphatic heterocycles. The van der Waals surface area contributed by atoms with E-state index in [9.17, 15) is 0 Å². The van der Waals surface area contributed by atoms with Crippen LogP contribution in [0.2, 0.25) is 0 Å². The first kappa shape index (κ1) is 17.5. The van der Waals surface area contributed by atoms with Crippen LogP contribution >= 0.6 is 28.8 Å². The number of hydrogen-bond donors (Lipinski definition) is 3. The van der Waals surface area contributed by atoms with Crippen molar-refractivity contribution in [3.63, 3.8) is 0 Å². The molecule has 0 aliphatic carbocycles. The number of benzene rings is 4. The third-order valence-electron chi connectivity index (χ3n) is 5.55. The molecule has 0 radical (unpaired) electrons. The van der Waals surface area contributed by atoms with Gasteiger partial charge >= 0.3 is 0 Å². The summed E-state index contributed by atoms with van der Waals surface area (Å²) < 4.78 is 0. The van der Waals surface area contributed by atoms with Crippen LogP contribution in [-0.2, 0) is 0 Å². The van der Waals surface area contributed by atoms with Crippen LogP contribution in [-0.4, -0.2) is 0 Å². The maximum Gasteiger partial charge on any atom is 0.0111 e. The standard InChI is InChI=1S/C26H22S3/c1-4-12-23-20(8-1)11-7-15-26(23)29(27-18-16-21-9-2-5-13-24(21)27)28-19-17-22-10-3-6-14-25(22)28/h1-19,27-29H. The van der Waals surface area contributed by atoms with Crippen molar-refractivity contribution in [2.75, 3.05) is 0 Å². The molecular weight excluding hydrogens is 408 g/mol. The van der Waals surface area contributed by atoms with E-state index in [2.05, 4.69) is 114 Å². The minimum absolute atomic E-state index is 0.348. The molecule has 144 valence electrons. The van der Waals surface area contributed by atoms with Gasteiger partial charge in [-0.05, 0) is 63.1 Å². The highest BCUT2D eigenvalue weighted by Crippen LogP contribution is 2.82. The van der Waals surface area contributed by atoms with Crippen LogP contribution < -0.4 is 0 Å². The van der Waals surface area contributed by atoms with Crippen LogP contribution in [0.25, 0.3) is 22.9 Å². The number of rotatable bonds is 3. The van der Waals surface area contributed by atoms with E-state index < -0.39 is 0 Å². The molecule has 2 atom stereocenters. The fourth-order valence-corrected chi connectivity index (χ4v) is 19.6. The third kappa shape index (κ3) is 2.88. The summed E-state index contributed by atoms with van der Waals surface area (Å²) in [5.74, 6) is 0. The highest BCUT2D eigenvalue weighted by molar-refractivity contribution is 9.26. The van der Waals surface area contributed by atoms with E-state index in [1.807, 2.05) is 0 Å². The summed E-state index contributed by atoms with van der Waals surface area (Å²) in [6, 6.07) is 33.9. The zero-order valence-electron chi connectivity index (χ0n) is 15.8. The topological polar surface area (TPSA) is 0 Å². The lowest BCUT2D eigenvalue weighted by atomic mass is 10.1. The minimum atomic E-state index is -0.375. The Kier molecular flexibility index (Phi) is 4.33. The van der Waals surface area contributed by atoms with Crippen molar-refractivity contribution in [1.29, 1.82) is 0 Å². The summed E-state index contributed by atoms with van der Waals surface area (Å²) in [4.78, 5) is 4.68. The zero-order valence-corrected chi connectivity index (χ0v) is 18.5. The van der Waals surface area contributed by atoms with E-state index in [0.717, 1.165) is 0 Å². The highest BCUT2D eigenvalue weighted by Gasteiger charge is 2.29. The molecule has 29 heavy (non-hydrogen) atoms. The third-order valence-corrected chi connectivity index (χ3v) is 19.2. The maximum atomic E-state index is 2.53. The average molecular weight is 431 g/mol. The second kappa shape index (κ2) is 7.17. The van der Waals surface area contributed by atoms with Gasteiger partial charge in [0.2, 0.25) is 0 Å². The van der Waals surface area contributed by atoms with Gasteiger partial charge in [0.05, 0.1) is 0 Å². The van der Waals surface area contributed by atoms with Crippen LogP contribution in [0.5, 0.6) is 0 Å². The summed E-state index contributed by atoms with van der Waals surface area (Å²) in [6.07, 6.45) is 4.73. The Hall–Kier alpha value is -2.33. The van der Waals surface area contributed by atoms with Gasteiger partial charge < -0.3 is 0 Å². The summed E-state index contributed by atoms with van der Waals surface area (Å²) in [7, 11) is -1.07. The highest BCUT2D eigenvalue weighted by atomic mass is 33.6. The Labute approximate surface area is 178 Å². The number of hydrogen-bond acceptors (Lipinski definition) is 0. The van der Waals surface area contributed by atoms with Crippen molar-refractivity contribution in [2.24, 2.45) is 0 Å². The normalized spacial score (nSPS) is 23.1. The Balaban J connectivity index is 1.59. The van der Waals surface area contributed by atoms with Gasteiger partial charge in [-0.2, -0.15) is 28.8 Å². The van der Waals surface area contributed by atoms with Gasteiger partial charge in [0.25, 0.3) is 0 Å². The van der Waals surface area contributed by atoms with E-state index in [-0.39, 0.29) is 28.8 Å². The average Bonchev–Trinajstić information content (AvgIpc) is 3.40. The maximum absolute atomic E-state index is 2.53. The number of thiol groups is 3. The predicted molar refractivity (Wildman–Crippen MR) is 137 cm³/mol. The quantitative estimate of drug-likeness (QED) is 0.212. The predicted octanol–water partition coefficient (Wildman–Crippen LogP) is 8.12. The lowest BCUT2D eigenvalue weighted by molar-refractivity contribution is 1.44. The van der Waals surface area contributed by atoms with Crippen LogP contribution in [0.1, 0.15) is 11.1 Å². The molecule has 4 aromatic carbocycles. The second-order valence-corrected chi connectivity index (χ2v) is 17.2. The van der Waals surface area contributed by atoms with Crippen LogP contribution in [0.4, 0.5) is 0 Å². The monoisotopic (exact) mass is 430 g/mol. The van der Waals surface area contributed by atoms with Crippen LogP contribution in [0.3, 0.4) is 0 Å². The molecule has 0 fully saturated rings. The number of fused-ring (bicyclic) bond motifs is 3. The lowest BCUT2D eigenvalue weighted by Gasteiger charge is -2.39. The Morgan fingerprint density at radius 2 is 1.07 bits per heavy atom. The van der Waals surface area contributed by atoms with Gasteiger partial charge in [-0.15, -0.1) is 0 Å². The largest absolute Gasteiger partial charge is 0.165 e. The van der Waals surface area contributed by atoms with Gasteiger partial charge in [0.1, 0.15) is 0 Å². The van der Waals surface area contributed by atoms with Crippen molar-refractivity contribution < 1.29 is 0 Å². The lowest BCUT2D eigenvalue weighted by Crippen LogP contribution is -1.89. The van der Waals surface area contributed by atoms with Gasteiger partial charge in [-0.1, -0.05) is 72.8 Å². The first-order chi connectivity index (χ1) is 14.4. The summed E-state index contributed by atoms with van der Waals surface area (Å²) in [5, 5.41) is 7.85. The van der Waals surface area contributed by atoms with E-state index in [4.69, 9.17) is 0 Å². The fraction of sp³-hybridized carbons (Fsp3) is 0. The molecule has 0 amide bonds. The Morgan fingerprint density at radius 1 is 0.517 bits per heavy atom. The summed E-state index contributed by atoms with van der Waals surface area (Å²) in [5.41, 5.74) is 2.83. The molecule has 2 aliphatic rings. The molecule has 0 nitrogen and oxygen atoms in total. The molecule has 2 heterocycles. The Bertz CT molecular complexity index is 1220. The summed E-state index contributed by atoms with van der Waals surface area (Å²) in [6.45, 7) is 0. The Morgan fingerprint density at radius 3 is 1.76 bits per heavy atom. The molecule has 0 saturated carbocycles. The summed E-state index contributed by atoms with van der Waals surface area (Å²) >= 11 is 0.